The Morgan fingerprint density at radius 3 is 0.638 bits per heavy atom. The molecule has 0 saturated heterocycles. The molecule has 1 aromatic carbocycles. The molecule has 0 atom stereocenters. The van der Waals surface area contributed by atoms with Crippen LogP contribution in [0.4, 0.5) is 0 Å². The topological polar surface area (TPSA) is 25.8 Å². The van der Waals surface area contributed by atoms with Crippen LogP contribution in [0.1, 0.15) is 189 Å². The molecule has 0 amide bonds. The molecule has 2 rings (SSSR count). The van der Waals surface area contributed by atoms with Crippen LogP contribution in [0.3, 0.4) is 0 Å². The van der Waals surface area contributed by atoms with Gasteiger partial charge in [0.25, 0.3) is 0 Å². The Bertz CT molecular complexity index is 1740. The van der Waals surface area contributed by atoms with E-state index in [9.17, 15) is 0 Å². The first kappa shape index (κ1) is 51.8. The molecule has 0 aliphatic carbocycles. The summed E-state index contributed by atoms with van der Waals surface area (Å²) in [5.74, 6) is 15.1. The second-order valence-corrected chi connectivity index (χ2v) is 43.7. The first-order valence-electron chi connectivity index (χ1n) is 23.1. The van der Waals surface area contributed by atoms with Gasteiger partial charge < -0.3 is 0 Å². The van der Waals surface area contributed by atoms with E-state index in [1.807, 2.05) is 0 Å². The van der Waals surface area contributed by atoms with Crippen LogP contribution >= 0.6 is 0 Å². The van der Waals surface area contributed by atoms with Crippen molar-refractivity contribution in [3.05, 3.63) is 34.6 Å². The summed E-state index contributed by atoms with van der Waals surface area (Å²) in [4.78, 5) is 11.2. The van der Waals surface area contributed by atoms with Crippen molar-refractivity contribution >= 4 is 43.3 Å². The monoisotopic (exact) mass is 851 g/mol. The van der Waals surface area contributed by atoms with Crippen molar-refractivity contribution < 1.29 is 0 Å². The number of nitrogens with zero attached hydrogens (tertiary/aromatic N) is 2. The molecule has 0 spiro atoms. The molecule has 2 aromatic rings. The molecule has 0 radical (unpaired) electrons. The highest BCUT2D eigenvalue weighted by Gasteiger charge is 2.45. The molecule has 0 N–H and O–H groups in total. The molecule has 320 valence electrons. The van der Waals surface area contributed by atoms with Crippen molar-refractivity contribution in [3.63, 3.8) is 0 Å². The highest BCUT2D eigenvalue weighted by molar-refractivity contribution is 6.92. The summed E-state index contributed by atoms with van der Waals surface area (Å²) in [6.45, 7) is 57.1. The average molecular weight is 852 g/mol. The zero-order chi connectivity index (χ0) is 44.9. The average Bonchev–Trinajstić information content (AvgIpc) is 3.07. The molecule has 6 heteroatoms. The number of rotatable bonds is 12. The molecule has 0 aliphatic heterocycles. The lowest BCUT2D eigenvalue weighted by Gasteiger charge is -2.38. The van der Waals surface area contributed by atoms with Gasteiger partial charge in [0, 0.05) is 0 Å². The van der Waals surface area contributed by atoms with Crippen molar-refractivity contribution in [3.8, 4) is 45.9 Å². The Hall–Kier alpha value is -2.33. The Morgan fingerprint density at radius 1 is 0.293 bits per heavy atom. The fraction of sp³-hybridized carbons (Fsp3) is 0.692. The maximum atomic E-state index is 5.59. The molecule has 0 aliphatic rings. The molecule has 2 nitrogen and oxygen atoms in total. The van der Waals surface area contributed by atoms with Gasteiger partial charge in [-0.25, -0.2) is 9.97 Å². The second kappa shape index (κ2) is 20.5. The van der Waals surface area contributed by atoms with Gasteiger partial charge in [0.05, 0.1) is 11.1 Å². The van der Waals surface area contributed by atoms with Gasteiger partial charge in [-0.1, -0.05) is 190 Å². The van der Waals surface area contributed by atoms with Gasteiger partial charge in [-0.15, -0.1) is 22.2 Å². The van der Waals surface area contributed by atoms with Crippen LogP contribution in [0, 0.1) is 45.9 Å². The van der Waals surface area contributed by atoms with Crippen molar-refractivity contribution in [2.24, 2.45) is 0 Å². The number of hydrogen-bond acceptors (Lipinski definition) is 2. The van der Waals surface area contributed by atoms with Crippen LogP contribution in [0.15, 0.2) is 12.1 Å². The summed E-state index contributed by atoms with van der Waals surface area (Å²) in [7, 11) is -8.24. The zero-order valence-corrected chi connectivity index (χ0v) is 46.0. The van der Waals surface area contributed by atoms with Gasteiger partial charge in [-0.05, 0) is 78.6 Å². The van der Waals surface area contributed by atoms with Crippen molar-refractivity contribution in [2.75, 3.05) is 0 Å². The standard InChI is InChI=1S/C52H86N2Si4/c1-35(2)55(36(3)4,37(5)6)31-27-47-25-26-48(28-32-56(38(7)8,39(9)10)40(11)12)52-51(47)53-49(29-33-57(41(13)14,42(15)16)43(17)18)50(54-52)30-34-58(44(19)20,45(21)22)46(23)24/h25-26,35-46H,1-24H3. The Labute approximate surface area is 364 Å². The molecule has 58 heavy (non-hydrogen) atoms. The van der Waals surface area contributed by atoms with Crippen molar-refractivity contribution in [2.45, 2.75) is 233 Å². The van der Waals surface area contributed by atoms with Crippen LogP contribution in [0.5, 0.6) is 0 Å². The van der Waals surface area contributed by atoms with Crippen LogP contribution in [0.25, 0.3) is 11.0 Å². The lowest BCUT2D eigenvalue weighted by atomic mass is 10.1. The lowest BCUT2D eigenvalue weighted by Crippen LogP contribution is -2.43. The van der Waals surface area contributed by atoms with E-state index in [-0.39, 0.29) is 0 Å². The Balaban J connectivity index is 3.49. The third-order valence-corrected chi connectivity index (χ3v) is 40.1. The van der Waals surface area contributed by atoms with E-state index < -0.39 is 32.3 Å². The lowest BCUT2D eigenvalue weighted by molar-refractivity contribution is 0.838. The van der Waals surface area contributed by atoms with E-state index in [0.717, 1.165) is 22.2 Å². The molecule has 1 heterocycles. The Morgan fingerprint density at radius 2 is 0.466 bits per heavy atom. The van der Waals surface area contributed by atoms with Gasteiger partial charge >= 0.3 is 0 Å². The van der Waals surface area contributed by atoms with E-state index >= 15 is 0 Å². The predicted octanol–water partition coefficient (Wildman–Crippen LogP) is 15.9. The summed E-state index contributed by atoms with van der Waals surface area (Å²) in [5, 5.41) is 0. The van der Waals surface area contributed by atoms with Gasteiger partial charge in [-0.2, -0.15) is 0 Å². The van der Waals surface area contributed by atoms with Crippen molar-refractivity contribution in [1.29, 1.82) is 0 Å². The van der Waals surface area contributed by atoms with Gasteiger partial charge in [0.2, 0.25) is 0 Å². The van der Waals surface area contributed by atoms with E-state index in [4.69, 9.17) is 9.97 Å². The number of fused-ring (bicyclic) bond motifs is 1. The van der Waals surface area contributed by atoms with Gasteiger partial charge in [0.1, 0.15) is 54.7 Å². The minimum Gasteiger partial charge on any atom is -0.233 e. The number of benzene rings is 1. The molecule has 0 saturated carbocycles. The maximum absolute atomic E-state index is 5.59. The molecule has 0 fully saturated rings. The first-order chi connectivity index (χ1) is 26.7. The van der Waals surface area contributed by atoms with E-state index in [0.29, 0.717) is 77.9 Å². The zero-order valence-electron chi connectivity index (χ0n) is 42.0. The predicted molar refractivity (Wildman–Crippen MR) is 271 cm³/mol. The Kier molecular flexibility index (Phi) is 18.3. The molecule has 0 unspecified atom stereocenters. The largest absolute Gasteiger partial charge is 0.233 e. The summed E-state index contributed by atoms with van der Waals surface area (Å²) < 4.78 is 0. The maximum Gasteiger partial charge on any atom is 0.147 e. The van der Waals surface area contributed by atoms with E-state index in [1.54, 1.807) is 0 Å². The third kappa shape index (κ3) is 9.89. The highest BCUT2D eigenvalue weighted by atomic mass is 28.3. The number of aromatic nitrogens is 2. The summed E-state index contributed by atoms with van der Waals surface area (Å²) >= 11 is 0. The van der Waals surface area contributed by atoms with Gasteiger partial charge in [-0.3, -0.25) is 0 Å². The summed E-state index contributed by atoms with van der Waals surface area (Å²) in [6.07, 6.45) is 0. The molecule has 1 aromatic heterocycles. The second-order valence-electron chi connectivity index (χ2n) is 21.4. The minimum atomic E-state index is -2.09. The molecule has 0 bridgehead atoms. The van der Waals surface area contributed by atoms with Crippen LogP contribution in [-0.2, 0) is 0 Å². The molecular formula is C52H86N2Si4. The van der Waals surface area contributed by atoms with Crippen molar-refractivity contribution in [1.82, 2.24) is 9.97 Å². The fourth-order valence-electron chi connectivity index (χ4n) is 11.9. The van der Waals surface area contributed by atoms with Crippen LogP contribution < -0.4 is 0 Å². The van der Waals surface area contributed by atoms with Crippen LogP contribution in [0.2, 0.25) is 66.5 Å². The van der Waals surface area contributed by atoms with E-state index in [2.05, 4.69) is 224 Å². The minimum absolute atomic E-state index is 0.502. The number of hydrogen-bond donors (Lipinski definition) is 0. The van der Waals surface area contributed by atoms with Crippen LogP contribution in [-0.4, -0.2) is 42.3 Å². The first-order valence-corrected chi connectivity index (χ1v) is 32.1. The van der Waals surface area contributed by atoms with E-state index in [1.165, 1.54) is 0 Å². The quantitative estimate of drug-likeness (QED) is 0.157. The van der Waals surface area contributed by atoms with Gasteiger partial charge in [0.15, 0.2) is 0 Å². The smallest absolute Gasteiger partial charge is 0.147 e. The summed E-state index contributed by atoms with van der Waals surface area (Å²) in [5.41, 5.74) is 27.2. The normalized spacial score (nSPS) is 13.1. The molecular weight excluding hydrogens is 765 g/mol. The SMILES string of the molecule is CC(C)[Si](C#Cc1nc2c(C#C[Si](C(C)C)(C(C)C)C(C)C)ccc(C#C[Si](C(C)C)(C(C)C)C(C)C)c2nc1C#C[Si](C(C)C)(C(C)C)C(C)C)(C(C)C)C(C)C. The fourth-order valence-corrected chi connectivity index (χ4v) is 32.8. The summed E-state index contributed by atoms with van der Waals surface area (Å²) in [6, 6.07) is 4.37. The third-order valence-electron chi connectivity index (χ3n) is 14.9. The highest BCUT2D eigenvalue weighted by Crippen LogP contribution is 2.44.